The summed E-state index contributed by atoms with van der Waals surface area (Å²) in [6.45, 7) is 4.28. The summed E-state index contributed by atoms with van der Waals surface area (Å²) in [6, 6.07) is 1.82. The van der Waals surface area contributed by atoms with Crippen molar-refractivity contribution in [2.24, 2.45) is 28.6 Å². The molecule has 0 bridgehead atoms. The number of hydroxylamine groups is 2. The van der Waals surface area contributed by atoms with E-state index in [2.05, 4.69) is 0 Å². The zero-order chi connectivity index (χ0) is 25.7. The third kappa shape index (κ3) is 2.82. The van der Waals surface area contributed by atoms with Crippen LogP contribution in [0.15, 0.2) is 46.8 Å². The Bertz CT molecular complexity index is 1170. The first-order valence-electron chi connectivity index (χ1n) is 12.5. The van der Waals surface area contributed by atoms with Crippen molar-refractivity contribution < 1.29 is 32.7 Å². The molecule has 0 radical (unpaired) electrons. The summed E-state index contributed by atoms with van der Waals surface area (Å²) in [4.78, 5) is 32.0. The molecule has 0 aromatic carbocycles. The van der Waals surface area contributed by atoms with Gasteiger partial charge in [-0.25, -0.2) is 8.78 Å². The van der Waals surface area contributed by atoms with Crippen molar-refractivity contribution in [3.05, 3.63) is 48.0 Å². The van der Waals surface area contributed by atoms with E-state index < -0.39 is 46.2 Å². The molecule has 0 amide bonds. The Labute approximate surface area is 213 Å². The number of carbonyl (C=O) groups excluding carboxylic acids is 2. The van der Waals surface area contributed by atoms with Crippen LogP contribution < -0.4 is 0 Å². The number of hydrogen-bond acceptors (Lipinski definition) is 6. The number of halogens is 3. The van der Waals surface area contributed by atoms with E-state index >= 15 is 8.78 Å². The number of allylic oxidation sites excluding steroid dienone is 4. The SMILES string of the molecule is CC12C=CC(=O)C=C1C(F)CC1C3CC4CN(Cc5ccoc5)OC4(C(=O)CCl)C3(C)CC(O)C12F. The third-order valence-electron chi connectivity index (χ3n) is 10.2. The molecule has 6 nitrogen and oxygen atoms in total. The van der Waals surface area contributed by atoms with Crippen LogP contribution in [-0.4, -0.2) is 57.7 Å². The molecule has 1 aromatic rings. The van der Waals surface area contributed by atoms with Crippen LogP contribution in [0.5, 0.6) is 0 Å². The second kappa shape index (κ2) is 7.82. The van der Waals surface area contributed by atoms with Crippen LogP contribution in [-0.2, 0) is 21.0 Å². The molecular weight excluding hydrogens is 492 g/mol. The predicted octanol–water partition coefficient (Wildman–Crippen LogP) is 4.12. The van der Waals surface area contributed by atoms with Crippen LogP contribution in [0, 0.1) is 28.6 Å². The van der Waals surface area contributed by atoms with Crippen LogP contribution in [0.2, 0.25) is 0 Å². The van der Waals surface area contributed by atoms with Gasteiger partial charge in [-0.2, -0.15) is 5.06 Å². The summed E-state index contributed by atoms with van der Waals surface area (Å²) in [5.41, 5.74) is -4.98. The molecule has 4 aliphatic carbocycles. The van der Waals surface area contributed by atoms with Gasteiger partial charge in [-0.1, -0.05) is 13.0 Å². The van der Waals surface area contributed by atoms with Gasteiger partial charge in [0.05, 0.1) is 31.1 Å². The number of nitrogens with zero attached hydrogens (tertiary/aromatic N) is 1. The van der Waals surface area contributed by atoms with Gasteiger partial charge in [-0.05, 0) is 55.9 Å². The average molecular weight is 522 g/mol. The van der Waals surface area contributed by atoms with E-state index in [4.69, 9.17) is 20.9 Å². The van der Waals surface area contributed by atoms with Crippen molar-refractivity contribution in [2.75, 3.05) is 12.4 Å². The van der Waals surface area contributed by atoms with E-state index in [-0.39, 0.29) is 41.8 Å². The van der Waals surface area contributed by atoms with Crippen LogP contribution >= 0.6 is 11.6 Å². The molecule has 36 heavy (non-hydrogen) atoms. The highest BCUT2D eigenvalue weighted by atomic mass is 35.5. The minimum absolute atomic E-state index is 0.0368. The van der Waals surface area contributed by atoms with Gasteiger partial charge in [-0.15, -0.1) is 11.6 Å². The lowest BCUT2D eigenvalue weighted by molar-refractivity contribution is -0.268. The maximum absolute atomic E-state index is 17.4. The van der Waals surface area contributed by atoms with E-state index in [1.54, 1.807) is 24.5 Å². The van der Waals surface area contributed by atoms with Gasteiger partial charge in [0, 0.05) is 34.8 Å². The predicted molar refractivity (Wildman–Crippen MR) is 126 cm³/mol. The number of Topliss-reactive ketones (excluding diaryl/α,β-unsaturated/α-hetero) is 1. The number of fused-ring (bicyclic) bond motifs is 7. The second-order valence-electron chi connectivity index (χ2n) is 11.6. The lowest BCUT2D eigenvalue weighted by Gasteiger charge is -2.63. The molecule has 3 saturated carbocycles. The highest BCUT2D eigenvalue weighted by molar-refractivity contribution is 6.29. The summed E-state index contributed by atoms with van der Waals surface area (Å²) in [6.07, 6.45) is 4.28. The Hall–Kier alpha value is -1.87. The third-order valence-corrected chi connectivity index (χ3v) is 10.4. The van der Waals surface area contributed by atoms with E-state index in [0.717, 1.165) is 5.56 Å². The molecule has 9 heteroatoms. The first-order chi connectivity index (χ1) is 17.0. The lowest BCUT2D eigenvalue weighted by atomic mass is 9.44. The molecule has 1 aromatic heterocycles. The van der Waals surface area contributed by atoms with Crippen molar-refractivity contribution >= 4 is 23.2 Å². The van der Waals surface area contributed by atoms with Crippen molar-refractivity contribution in [1.82, 2.24) is 5.06 Å². The van der Waals surface area contributed by atoms with Gasteiger partial charge in [-0.3, -0.25) is 14.4 Å². The Kier molecular flexibility index (Phi) is 5.31. The van der Waals surface area contributed by atoms with Gasteiger partial charge >= 0.3 is 0 Å². The zero-order valence-corrected chi connectivity index (χ0v) is 21.0. The van der Waals surface area contributed by atoms with Crippen LogP contribution in [0.4, 0.5) is 8.78 Å². The number of furan rings is 1. The number of rotatable bonds is 4. The second-order valence-corrected chi connectivity index (χ2v) is 11.9. The van der Waals surface area contributed by atoms with Gasteiger partial charge in [0.1, 0.15) is 6.17 Å². The van der Waals surface area contributed by atoms with E-state index in [1.807, 2.05) is 13.0 Å². The molecular formula is C27H30ClF2NO5. The van der Waals surface area contributed by atoms with Crippen molar-refractivity contribution in [3.63, 3.8) is 0 Å². The minimum Gasteiger partial charge on any atom is -0.472 e. The molecule has 1 aliphatic heterocycles. The van der Waals surface area contributed by atoms with Gasteiger partial charge in [0.25, 0.3) is 0 Å². The minimum atomic E-state index is -2.19. The fourth-order valence-corrected chi connectivity index (χ4v) is 8.80. The summed E-state index contributed by atoms with van der Waals surface area (Å²) < 4.78 is 38.2. The Morgan fingerprint density at radius 3 is 2.78 bits per heavy atom. The summed E-state index contributed by atoms with van der Waals surface area (Å²) >= 11 is 6.12. The molecule has 2 heterocycles. The topological polar surface area (TPSA) is 80.0 Å². The first-order valence-corrected chi connectivity index (χ1v) is 13.1. The molecule has 6 rings (SSSR count). The quantitative estimate of drug-likeness (QED) is 0.600. The van der Waals surface area contributed by atoms with E-state index in [9.17, 15) is 14.7 Å². The fraction of sp³-hybridized carbons (Fsp3) is 0.630. The van der Waals surface area contributed by atoms with Crippen LogP contribution in [0.1, 0.15) is 38.7 Å². The average Bonchev–Trinajstić information content (AvgIpc) is 3.53. The summed E-state index contributed by atoms with van der Waals surface area (Å²) in [5, 5.41) is 13.2. The molecule has 1 N–H and O–H groups in total. The zero-order valence-electron chi connectivity index (χ0n) is 20.3. The number of ketones is 2. The number of alkyl halides is 3. The monoisotopic (exact) mass is 521 g/mol. The summed E-state index contributed by atoms with van der Waals surface area (Å²) in [7, 11) is 0. The first kappa shape index (κ1) is 24.5. The standard InChI is InChI=1S/C27H30ClF2NO5/c1-24-5-3-17(32)8-20(24)21(29)9-19-18-7-16-13-31(12-15-4-6-35-14-15)36-27(16,23(34)11-28)25(18,2)10-22(33)26(19,24)30/h3-6,8,14,16,18-19,21-22,33H,7,9-13H2,1-2H3. The maximum Gasteiger partial charge on any atom is 0.182 e. The summed E-state index contributed by atoms with van der Waals surface area (Å²) in [5.74, 6) is -2.52. The van der Waals surface area contributed by atoms with Gasteiger partial charge in [0.2, 0.25) is 0 Å². The molecule has 4 fully saturated rings. The molecule has 0 spiro atoms. The molecule has 1 saturated heterocycles. The normalized spacial score (nSPS) is 47.7. The van der Waals surface area contributed by atoms with Gasteiger partial charge in [0.15, 0.2) is 22.8 Å². The Balaban J connectivity index is 1.42. The lowest BCUT2D eigenvalue weighted by Crippen LogP contribution is -2.70. The Morgan fingerprint density at radius 1 is 1.31 bits per heavy atom. The highest BCUT2D eigenvalue weighted by Gasteiger charge is 2.79. The van der Waals surface area contributed by atoms with Crippen LogP contribution in [0.25, 0.3) is 0 Å². The van der Waals surface area contributed by atoms with Crippen molar-refractivity contribution in [2.45, 2.75) is 63.2 Å². The van der Waals surface area contributed by atoms with Crippen LogP contribution in [0.3, 0.4) is 0 Å². The largest absolute Gasteiger partial charge is 0.472 e. The number of aliphatic hydroxyl groups excluding tert-OH is 1. The number of aliphatic hydroxyl groups is 1. The number of hydrogen-bond donors (Lipinski definition) is 1. The van der Waals surface area contributed by atoms with Crippen molar-refractivity contribution in [3.8, 4) is 0 Å². The van der Waals surface area contributed by atoms with E-state index in [0.29, 0.717) is 19.5 Å². The smallest absolute Gasteiger partial charge is 0.182 e. The molecule has 9 atom stereocenters. The maximum atomic E-state index is 17.4. The highest BCUT2D eigenvalue weighted by Crippen LogP contribution is 2.72. The van der Waals surface area contributed by atoms with E-state index in [1.165, 1.54) is 18.2 Å². The molecule has 194 valence electrons. The molecule has 9 unspecified atom stereocenters. The number of carbonyl (C=O) groups is 2. The molecule has 5 aliphatic rings. The Morgan fingerprint density at radius 2 is 2.08 bits per heavy atom. The fourth-order valence-electron chi connectivity index (χ4n) is 8.60. The van der Waals surface area contributed by atoms with Gasteiger partial charge < -0.3 is 9.52 Å². The van der Waals surface area contributed by atoms with Crippen molar-refractivity contribution in [1.29, 1.82) is 0 Å².